The third kappa shape index (κ3) is 3.86. The van der Waals surface area contributed by atoms with Crippen molar-refractivity contribution in [1.82, 2.24) is 0 Å². The largest absolute Gasteiger partial charge is 0.393 e. The Morgan fingerprint density at radius 2 is 1.53 bits per heavy atom. The van der Waals surface area contributed by atoms with Gasteiger partial charge in [0.2, 0.25) is 0 Å². The number of rotatable bonds is 5. The zero-order chi connectivity index (χ0) is 13.7. The fourth-order valence-corrected chi connectivity index (χ4v) is 2.04. The normalized spacial score (nSPS) is 12.4. The smallest absolute Gasteiger partial charge is 0.129 e. The molecule has 0 aliphatic carbocycles. The molecule has 2 aromatic carbocycles. The van der Waals surface area contributed by atoms with Gasteiger partial charge in [-0.3, -0.25) is 0 Å². The van der Waals surface area contributed by atoms with E-state index >= 15 is 0 Å². The van der Waals surface area contributed by atoms with E-state index in [9.17, 15) is 13.9 Å². The summed E-state index contributed by atoms with van der Waals surface area (Å²) >= 11 is 0. The molecule has 0 aromatic heterocycles. The van der Waals surface area contributed by atoms with Gasteiger partial charge >= 0.3 is 0 Å². The number of hydrogen-bond acceptors (Lipinski definition) is 1. The first kappa shape index (κ1) is 13.7. The molecule has 1 N–H and O–H groups in total. The minimum atomic E-state index is -0.744. The van der Waals surface area contributed by atoms with E-state index in [-0.39, 0.29) is 12.0 Å². The van der Waals surface area contributed by atoms with Gasteiger partial charge in [0, 0.05) is 12.0 Å². The van der Waals surface area contributed by atoms with Crippen LogP contribution in [0.1, 0.15) is 17.5 Å². The Hall–Kier alpha value is -1.74. The standard InChI is InChI=1S/C16H16F2O/c17-15-7-4-8-16(18)14(15)11-13(19)10-9-12-5-2-1-3-6-12/h1-8,13,19H,9-11H2. The van der Waals surface area contributed by atoms with E-state index in [1.165, 1.54) is 18.2 Å². The number of aryl methyl sites for hydroxylation is 1. The Morgan fingerprint density at radius 3 is 2.16 bits per heavy atom. The molecule has 0 amide bonds. The van der Waals surface area contributed by atoms with Gasteiger partial charge in [-0.15, -0.1) is 0 Å². The minimum absolute atomic E-state index is 0.00530. The summed E-state index contributed by atoms with van der Waals surface area (Å²) < 4.78 is 26.8. The Balaban J connectivity index is 1.93. The molecule has 0 fully saturated rings. The molecular weight excluding hydrogens is 246 g/mol. The van der Waals surface area contributed by atoms with E-state index in [0.29, 0.717) is 12.8 Å². The van der Waals surface area contributed by atoms with E-state index in [4.69, 9.17) is 0 Å². The highest BCUT2D eigenvalue weighted by molar-refractivity contribution is 5.20. The second-order valence-electron chi connectivity index (χ2n) is 4.58. The average Bonchev–Trinajstić information content (AvgIpc) is 2.42. The van der Waals surface area contributed by atoms with Gasteiger partial charge in [0.1, 0.15) is 11.6 Å². The fraction of sp³-hybridized carbons (Fsp3) is 0.250. The van der Waals surface area contributed by atoms with Crippen molar-refractivity contribution in [3.8, 4) is 0 Å². The lowest BCUT2D eigenvalue weighted by Gasteiger charge is -2.12. The lowest BCUT2D eigenvalue weighted by Crippen LogP contribution is -2.14. The second kappa shape index (κ2) is 6.43. The number of aliphatic hydroxyl groups excluding tert-OH is 1. The predicted octanol–water partition coefficient (Wildman–Crippen LogP) is 3.50. The fourth-order valence-electron chi connectivity index (χ4n) is 2.04. The number of halogens is 2. The van der Waals surface area contributed by atoms with Gasteiger partial charge in [-0.2, -0.15) is 0 Å². The van der Waals surface area contributed by atoms with Crippen LogP contribution in [0.3, 0.4) is 0 Å². The van der Waals surface area contributed by atoms with Crippen LogP contribution in [0, 0.1) is 11.6 Å². The van der Waals surface area contributed by atoms with Crippen LogP contribution in [0.15, 0.2) is 48.5 Å². The molecule has 0 saturated carbocycles. The molecule has 1 unspecified atom stereocenters. The third-order valence-electron chi connectivity index (χ3n) is 3.11. The average molecular weight is 262 g/mol. The van der Waals surface area contributed by atoms with Crippen molar-refractivity contribution < 1.29 is 13.9 Å². The quantitative estimate of drug-likeness (QED) is 0.874. The molecule has 0 radical (unpaired) electrons. The Bertz CT molecular complexity index is 505. The maximum Gasteiger partial charge on any atom is 0.129 e. The molecule has 2 rings (SSSR count). The predicted molar refractivity (Wildman–Crippen MR) is 70.8 cm³/mol. The molecule has 1 nitrogen and oxygen atoms in total. The highest BCUT2D eigenvalue weighted by atomic mass is 19.1. The van der Waals surface area contributed by atoms with Crippen molar-refractivity contribution in [3.63, 3.8) is 0 Å². The van der Waals surface area contributed by atoms with Crippen LogP contribution in [0.2, 0.25) is 0 Å². The van der Waals surface area contributed by atoms with Crippen molar-refractivity contribution in [2.75, 3.05) is 0 Å². The first-order chi connectivity index (χ1) is 9.16. The van der Waals surface area contributed by atoms with E-state index < -0.39 is 17.7 Å². The van der Waals surface area contributed by atoms with Crippen molar-refractivity contribution in [3.05, 3.63) is 71.3 Å². The molecule has 100 valence electrons. The van der Waals surface area contributed by atoms with Crippen molar-refractivity contribution in [1.29, 1.82) is 0 Å². The van der Waals surface area contributed by atoms with Crippen LogP contribution in [-0.4, -0.2) is 11.2 Å². The highest BCUT2D eigenvalue weighted by Gasteiger charge is 2.13. The molecular formula is C16H16F2O. The lowest BCUT2D eigenvalue weighted by atomic mass is 10.0. The molecule has 2 aromatic rings. The third-order valence-corrected chi connectivity index (χ3v) is 3.11. The molecule has 3 heteroatoms. The number of hydrogen-bond donors (Lipinski definition) is 1. The second-order valence-corrected chi connectivity index (χ2v) is 4.58. The summed E-state index contributed by atoms with van der Waals surface area (Å²) in [5.41, 5.74) is 1.07. The van der Waals surface area contributed by atoms with Crippen molar-refractivity contribution >= 4 is 0 Å². The summed E-state index contributed by atoms with van der Waals surface area (Å²) in [6, 6.07) is 13.5. The summed E-state index contributed by atoms with van der Waals surface area (Å²) in [6.07, 6.45) is 0.438. The molecule has 0 bridgehead atoms. The lowest BCUT2D eigenvalue weighted by molar-refractivity contribution is 0.162. The molecule has 19 heavy (non-hydrogen) atoms. The number of benzene rings is 2. The molecule has 0 heterocycles. The van der Waals surface area contributed by atoms with Crippen LogP contribution in [0.4, 0.5) is 8.78 Å². The zero-order valence-corrected chi connectivity index (χ0v) is 10.5. The SMILES string of the molecule is OC(CCc1ccccc1)Cc1c(F)cccc1F. The summed E-state index contributed by atoms with van der Waals surface area (Å²) in [5, 5.41) is 9.88. The highest BCUT2D eigenvalue weighted by Crippen LogP contribution is 2.16. The van der Waals surface area contributed by atoms with E-state index in [0.717, 1.165) is 5.56 Å². The van der Waals surface area contributed by atoms with Gasteiger partial charge < -0.3 is 5.11 Å². The Kier molecular flexibility index (Phi) is 4.63. The summed E-state index contributed by atoms with van der Waals surface area (Å²) in [5.74, 6) is -1.20. The van der Waals surface area contributed by atoms with Crippen LogP contribution in [0.5, 0.6) is 0 Å². The van der Waals surface area contributed by atoms with Gasteiger partial charge in [-0.05, 0) is 30.5 Å². The van der Waals surface area contributed by atoms with Crippen LogP contribution in [0.25, 0.3) is 0 Å². The Morgan fingerprint density at radius 1 is 0.895 bits per heavy atom. The van der Waals surface area contributed by atoms with E-state index in [2.05, 4.69) is 0 Å². The summed E-state index contributed by atoms with van der Waals surface area (Å²) in [6.45, 7) is 0. The van der Waals surface area contributed by atoms with Crippen LogP contribution in [-0.2, 0) is 12.8 Å². The van der Waals surface area contributed by atoms with Gasteiger partial charge in [0.15, 0.2) is 0 Å². The molecule has 1 atom stereocenters. The van der Waals surface area contributed by atoms with Gasteiger partial charge in [0.25, 0.3) is 0 Å². The van der Waals surface area contributed by atoms with Gasteiger partial charge in [0.05, 0.1) is 6.10 Å². The molecule has 0 aliphatic heterocycles. The van der Waals surface area contributed by atoms with E-state index in [1.807, 2.05) is 30.3 Å². The van der Waals surface area contributed by atoms with Gasteiger partial charge in [-0.1, -0.05) is 36.4 Å². The summed E-state index contributed by atoms with van der Waals surface area (Å²) in [7, 11) is 0. The summed E-state index contributed by atoms with van der Waals surface area (Å²) in [4.78, 5) is 0. The van der Waals surface area contributed by atoms with E-state index in [1.54, 1.807) is 0 Å². The maximum atomic E-state index is 13.4. The zero-order valence-electron chi connectivity index (χ0n) is 10.5. The molecule has 0 saturated heterocycles. The van der Waals surface area contributed by atoms with Gasteiger partial charge in [-0.25, -0.2) is 8.78 Å². The Labute approximate surface area is 111 Å². The first-order valence-corrected chi connectivity index (χ1v) is 6.31. The number of aliphatic hydroxyl groups is 1. The van der Waals surface area contributed by atoms with Crippen LogP contribution < -0.4 is 0 Å². The monoisotopic (exact) mass is 262 g/mol. The maximum absolute atomic E-state index is 13.4. The molecule has 0 spiro atoms. The topological polar surface area (TPSA) is 20.2 Å². The van der Waals surface area contributed by atoms with Crippen LogP contribution >= 0.6 is 0 Å². The first-order valence-electron chi connectivity index (χ1n) is 6.31. The minimum Gasteiger partial charge on any atom is -0.393 e. The van der Waals surface area contributed by atoms with Crippen molar-refractivity contribution in [2.45, 2.75) is 25.4 Å². The van der Waals surface area contributed by atoms with Crippen molar-refractivity contribution in [2.24, 2.45) is 0 Å². The molecule has 0 aliphatic rings.